The molecule has 0 bridgehead atoms. The lowest BCUT2D eigenvalue weighted by Crippen LogP contribution is -2.50. The van der Waals surface area contributed by atoms with Crippen LogP contribution in [0.1, 0.15) is 13.8 Å². The van der Waals surface area contributed by atoms with Crippen LogP contribution in [0.5, 0.6) is 0 Å². The molecule has 1 amide bonds. The van der Waals surface area contributed by atoms with Crippen LogP contribution in [0.15, 0.2) is 0 Å². The Morgan fingerprint density at radius 2 is 2.40 bits per heavy atom. The van der Waals surface area contributed by atoms with E-state index in [1.54, 1.807) is 0 Å². The lowest BCUT2D eigenvalue weighted by molar-refractivity contribution is -0.146. The molecule has 0 saturated carbocycles. The molecular weight excluding hydrogens is 196 g/mol. The van der Waals surface area contributed by atoms with Crippen LogP contribution in [-0.4, -0.2) is 55.5 Å². The van der Waals surface area contributed by atoms with Gasteiger partial charge in [0.15, 0.2) is 5.79 Å². The van der Waals surface area contributed by atoms with Crippen LogP contribution in [-0.2, 0) is 14.3 Å². The average Bonchev–Trinajstić information content (AvgIpc) is 2.50. The monoisotopic (exact) mass is 214 g/mol. The van der Waals surface area contributed by atoms with Gasteiger partial charge in [-0.1, -0.05) is 0 Å². The van der Waals surface area contributed by atoms with Gasteiger partial charge in [0.1, 0.15) is 6.10 Å². The lowest BCUT2D eigenvalue weighted by atomic mass is 10.3. The molecule has 2 rings (SSSR count). The first-order valence-electron chi connectivity index (χ1n) is 5.37. The Kier molecular flexibility index (Phi) is 2.95. The number of hydrogen-bond donors (Lipinski definition) is 1. The Hall–Kier alpha value is -0.650. The molecule has 5 nitrogen and oxygen atoms in total. The van der Waals surface area contributed by atoms with Crippen molar-refractivity contribution < 1.29 is 14.3 Å². The third kappa shape index (κ3) is 2.68. The number of nitrogens with one attached hydrogen (secondary N) is 1. The molecule has 2 heterocycles. The van der Waals surface area contributed by atoms with Crippen LogP contribution in [0.2, 0.25) is 0 Å². The van der Waals surface area contributed by atoms with Gasteiger partial charge in [0.25, 0.3) is 0 Å². The Bertz CT molecular complexity index is 255. The van der Waals surface area contributed by atoms with Gasteiger partial charge in [-0.15, -0.1) is 0 Å². The van der Waals surface area contributed by atoms with Gasteiger partial charge in [-0.05, 0) is 13.8 Å². The van der Waals surface area contributed by atoms with Crippen LogP contribution in [0.25, 0.3) is 0 Å². The summed E-state index contributed by atoms with van der Waals surface area (Å²) in [6.45, 7) is 7.08. The molecule has 0 radical (unpaired) electrons. The van der Waals surface area contributed by atoms with E-state index in [2.05, 4.69) is 5.32 Å². The van der Waals surface area contributed by atoms with Gasteiger partial charge in [0.05, 0.1) is 13.2 Å². The Morgan fingerprint density at radius 1 is 1.60 bits per heavy atom. The van der Waals surface area contributed by atoms with Crippen molar-refractivity contribution in [2.75, 3.05) is 32.8 Å². The topological polar surface area (TPSA) is 50.8 Å². The van der Waals surface area contributed by atoms with E-state index < -0.39 is 5.79 Å². The molecule has 1 atom stereocenters. The molecule has 2 fully saturated rings. The highest BCUT2D eigenvalue weighted by Crippen LogP contribution is 2.22. The SMILES string of the molecule is CC1(C)OCC(CN2CCNCC2=O)O1. The first-order valence-corrected chi connectivity index (χ1v) is 5.37. The molecule has 0 aromatic rings. The first-order chi connectivity index (χ1) is 7.07. The minimum Gasteiger partial charge on any atom is -0.348 e. The molecule has 15 heavy (non-hydrogen) atoms. The van der Waals surface area contributed by atoms with Gasteiger partial charge in [-0.3, -0.25) is 4.79 Å². The smallest absolute Gasteiger partial charge is 0.236 e. The highest BCUT2D eigenvalue weighted by Gasteiger charge is 2.34. The molecule has 0 aromatic carbocycles. The van der Waals surface area contributed by atoms with Gasteiger partial charge in [0.2, 0.25) is 5.91 Å². The number of nitrogens with zero attached hydrogens (tertiary/aromatic N) is 1. The van der Waals surface area contributed by atoms with Gasteiger partial charge < -0.3 is 19.7 Å². The highest BCUT2D eigenvalue weighted by atomic mass is 16.7. The molecule has 0 aromatic heterocycles. The quantitative estimate of drug-likeness (QED) is 0.677. The van der Waals surface area contributed by atoms with Crippen molar-refractivity contribution in [3.63, 3.8) is 0 Å². The molecule has 2 saturated heterocycles. The molecule has 2 aliphatic heterocycles. The van der Waals surface area contributed by atoms with E-state index in [1.807, 2.05) is 18.7 Å². The normalized spacial score (nSPS) is 30.9. The predicted molar refractivity (Wildman–Crippen MR) is 54.4 cm³/mol. The van der Waals surface area contributed by atoms with Crippen molar-refractivity contribution in [2.45, 2.75) is 25.7 Å². The highest BCUT2D eigenvalue weighted by molar-refractivity contribution is 5.79. The Labute approximate surface area is 89.7 Å². The summed E-state index contributed by atoms with van der Waals surface area (Å²) in [6, 6.07) is 0. The molecule has 86 valence electrons. The minimum absolute atomic E-state index is 0.0158. The average molecular weight is 214 g/mol. The maximum atomic E-state index is 11.5. The van der Waals surface area contributed by atoms with Gasteiger partial charge >= 0.3 is 0 Å². The third-order valence-electron chi connectivity index (χ3n) is 2.68. The fourth-order valence-corrected chi connectivity index (χ4v) is 1.94. The number of ether oxygens (including phenoxy) is 2. The summed E-state index contributed by atoms with van der Waals surface area (Å²) in [6.07, 6.45) is 0.0158. The van der Waals surface area contributed by atoms with Crippen molar-refractivity contribution in [2.24, 2.45) is 0 Å². The van der Waals surface area contributed by atoms with E-state index in [-0.39, 0.29) is 12.0 Å². The lowest BCUT2D eigenvalue weighted by Gasteiger charge is -2.29. The summed E-state index contributed by atoms with van der Waals surface area (Å²) in [5, 5.41) is 3.04. The number of rotatable bonds is 2. The van der Waals surface area contributed by atoms with Crippen molar-refractivity contribution in [1.29, 1.82) is 0 Å². The van der Waals surface area contributed by atoms with Crippen LogP contribution >= 0.6 is 0 Å². The van der Waals surface area contributed by atoms with E-state index >= 15 is 0 Å². The van der Waals surface area contributed by atoms with Crippen molar-refractivity contribution in [1.82, 2.24) is 10.2 Å². The summed E-state index contributed by atoms with van der Waals surface area (Å²) in [5.74, 6) is -0.351. The summed E-state index contributed by atoms with van der Waals surface area (Å²) < 4.78 is 11.1. The largest absolute Gasteiger partial charge is 0.348 e. The summed E-state index contributed by atoms with van der Waals surface area (Å²) >= 11 is 0. The zero-order chi connectivity index (χ0) is 10.9. The molecule has 0 spiro atoms. The second-order valence-corrected chi connectivity index (χ2v) is 4.47. The van der Waals surface area contributed by atoms with Gasteiger partial charge in [0, 0.05) is 19.6 Å². The Morgan fingerprint density at radius 3 is 3.00 bits per heavy atom. The van der Waals surface area contributed by atoms with Gasteiger partial charge in [-0.25, -0.2) is 0 Å². The Balaban J connectivity index is 1.84. The zero-order valence-electron chi connectivity index (χ0n) is 9.28. The zero-order valence-corrected chi connectivity index (χ0v) is 9.28. The second kappa shape index (κ2) is 4.08. The van der Waals surface area contributed by atoms with E-state index in [9.17, 15) is 4.79 Å². The molecular formula is C10H18N2O3. The van der Waals surface area contributed by atoms with E-state index in [4.69, 9.17) is 9.47 Å². The summed E-state index contributed by atoms with van der Waals surface area (Å²) in [4.78, 5) is 13.3. The summed E-state index contributed by atoms with van der Waals surface area (Å²) in [5.41, 5.74) is 0. The van der Waals surface area contributed by atoms with Crippen LogP contribution in [0.4, 0.5) is 0 Å². The maximum Gasteiger partial charge on any atom is 0.236 e. The number of carbonyl (C=O) groups excluding carboxylic acids is 1. The minimum atomic E-state index is -0.498. The van der Waals surface area contributed by atoms with Crippen LogP contribution < -0.4 is 5.32 Å². The van der Waals surface area contributed by atoms with E-state index in [1.165, 1.54) is 0 Å². The van der Waals surface area contributed by atoms with Crippen molar-refractivity contribution in [3.05, 3.63) is 0 Å². The molecule has 0 aliphatic carbocycles. The molecule has 1 N–H and O–H groups in total. The molecule has 1 unspecified atom stereocenters. The van der Waals surface area contributed by atoms with Crippen molar-refractivity contribution >= 4 is 5.91 Å². The number of piperazine rings is 1. The van der Waals surface area contributed by atoms with Gasteiger partial charge in [-0.2, -0.15) is 0 Å². The van der Waals surface area contributed by atoms with Crippen LogP contribution in [0, 0.1) is 0 Å². The maximum absolute atomic E-state index is 11.5. The first kappa shape index (κ1) is 10.9. The second-order valence-electron chi connectivity index (χ2n) is 4.47. The summed E-state index contributed by atoms with van der Waals surface area (Å²) in [7, 11) is 0. The number of carbonyl (C=O) groups is 1. The van der Waals surface area contributed by atoms with Crippen molar-refractivity contribution in [3.8, 4) is 0 Å². The number of amides is 1. The third-order valence-corrected chi connectivity index (χ3v) is 2.68. The van der Waals surface area contributed by atoms with Crippen LogP contribution in [0.3, 0.4) is 0 Å². The van der Waals surface area contributed by atoms with E-state index in [0.29, 0.717) is 19.7 Å². The molecule has 5 heteroatoms. The fraction of sp³-hybridized carbons (Fsp3) is 0.900. The fourth-order valence-electron chi connectivity index (χ4n) is 1.94. The predicted octanol–water partition coefficient (Wildman–Crippen LogP) is -0.430. The number of hydrogen-bond acceptors (Lipinski definition) is 4. The standard InChI is InChI=1S/C10H18N2O3/c1-10(2)14-7-8(15-10)6-12-4-3-11-5-9(12)13/h8,11H,3-7H2,1-2H3. The van der Waals surface area contributed by atoms with E-state index in [0.717, 1.165) is 13.1 Å². The molecule has 2 aliphatic rings.